The molecule has 1 aliphatic rings. The summed E-state index contributed by atoms with van der Waals surface area (Å²) in [6, 6.07) is 0. The van der Waals surface area contributed by atoms with Crippen molar-refractivity contribution in [2.24, 2.45) is 11.8 Å². The predicted octanol–water partition coefficient (Wildman–Crippen LogP) is 0.217. The van der Waals surface area contributed by atoms with Gasteiger partial charge >= 0.3 is 0 Å². The van der Waals surface area contributed by atoms with E-state index in [9.17, 15) is 9.59 Å². The van der Waals surface area contributed by atoms with E-state index in [1.54, 1.807) is 7.05 Å². The van der Waals surface area contributed by atoms with Gasteiger partial charge in [-0.05, 0) is 31.3 Å². The molecule has 1 fully saturated rings. The Morgan fingerprint density at radius 2 is 2.17 bits per heavy atom. The van der Waals surface area contributed by atoms with Crippen LogP contribution in [0.2, 0.25) is 0 Å². The Morgan fingerprint density at radius 1 is 1.44 bits per heavy atom. The highest BCUT2D eigenvalue weighted by Crippen LogP contribution is 2.13. The van der Waals surface area contributed by atoms with Gasteiger partial charge in [0, 0.05) is 20.0 Å². The lowest BCUT2D eigenvalue weighted by Gasteiger charge is -2.19. The van der Waals surface area contributed by atoms with Crippen molar-refractivity contribution in [3.8, 4) is 0 Å². The highest BCUT2D eigenvalue weighted by molar-refractivity contribution is 5.84. The number of nitrogens with zero attached hydrogens (tertiary/aromatic N) is 1. The number of likely N-dealkylation sites (N-methyl/N-ethyl adjacent to an activating group) is 1. The first-order chi connectivity index (χ1) is 8.49. The Balaban J connectivity index is 2.23. The molecule has 5 heteroatoms. The minimum absolute atomic E-state index is 0.0587. The fraction of sp³-hybridized carbons (Fsp3) is 0.846. The highest BCUT2D eigenvalue weighted by Gasteiger charge is 2.21. The van der Waals surface area contributed by atoms with Crippen LogP contribution in [0.5, 0.6) is 0 Å². The van der Waals surface area contributed by atoms with Crippen molar-refractivity contribution >= 4 is 11.8 Å². The summed E-state index contributed by atoms with van der Waals surface area (Å²) in [5.74, 6) is 0.839. The van der Waals surface area contributed by atoms with Gasteiger partial charge in [0.05, 0.1) is 6.54 Å². The summed E-state index contributed by atoms with van der Waals surface area (Å²) in [6.45, 7) is 6.82. The van der Waals surface area contributed by atoms with E-state index >= 15 is 0 Å². The second-order valence-corrected chi connectivity index (χ2v) is 5.51. The topological polar surface area (TPSA) is 61.4 Å². The van der Waals surface area contributed by atoms with E-state index < -0.39 is 0 Å². The molecular formula is C13H25N3O2. The molecule has 0 bridgehead atoms. The fourth-order valence-electron chi connectivity index (χ4n) is 1.97. The summed E-state index contributed by atoms with van der Waals surface area (Å²) in [4.78, 5) is 25.0. The van der Waals surface area contributed by atoms with Gasteiger partial charge in [-0.15, -0.1) is 0 Å². The van der Waals surface area contributed by atoms with Crippen molar-refractivity contribution in [2.45, 2.75) is 26.7 Å². The maximum absolute atomic E-state index is 11.9. The summed E-state index contributed by atoms with van der Waals surface area (Å²) in [6.07, 6.45) is 1.60. The maximum Gasteiger partial charge on any atom is 0.239 e. The van der Waals surface area contributed by atoms with Crippen LogP contribution in [-0.2, 0) is 9.59 Å². The third kappa shape index (κ3) is 5.49. The summed E-state index contributed by atoms with van der Waals surface area (Å²) in [5, 5.41) is 6.06. The SMILES string of the molecule is CC(C)CNC(=O)CN(C)C(=O)CC1CCNC1. The van der Waals surface area contributed by atoms with E-state index in [1.165, 1.54) is 4.90 Å². The first kappa shape index (κ1) is 15.0. The number of carbonyl (C=O) groups is 2. The minimum Gasteiger partial charge on any atom is -0.354 e. The van der Waals surface area contributed by atoms with Gasteiger partial charge in [0.2, 0.25) is 11.8 Å². The number of rotatable bonds is 6. The summed E-state index contributed by atoms with van der Waals surface area (Å²) in [5.41, 5.74) is 0. The van der Waals surface area contributed by atoms with Gasteiger partial charge in [-0.1, -0.05) is 13.8 Å². The largest absolute Gasteiger partial charge is 0.354 e. The lowest BCUT2D eigenvalue weighted by atomic mass is 10.0. The van der Waals surface area contributed by atoms with Crippen LogP contribution in [-0.4, -0.2) is 49.9 Å². The zero-order valence-electron chi connectivity index (χ0n) is 11.7. The van der Waals surface area contributed by atoms with Crippen LogP contribution in [0.3, 0.4) is 0 Å². The zero-order chi connectivity index (χ0) is 13.5. The summed E-state index contributed by atoms with van der Waals surface area (Å²) < 4.78 is 0. The van der Waals surface area contributed by atoms with E-state index in [0.717, 1.165) is 19.5 Å². The molecule has 0 aromatic rings. The second-order valence-electron chi connectivity index (χ2n) is 5.51. The quantitative estimate of drug-likeness (QED) is 0.713. The third-order valence-corrected chi connectivity index (χ3v) is 3.14. The molecule has 1 unspecified atom stereocenters. The van der Waals surface area contributed by atoms with E-state index in [1.807, 2.05) is 13.8 Å². The van der Waals surface area contributed by atoms with Crippen molar-refractivity contribution < 1.29 is 9.59 Å². The van der Waals surface area contributed by atoms with Crippen LogP contribution < -0.4 is 10.6 Å². The monoisotopic (exact) mass is 255 g/mol. The van der Waals surface area contributed by atoms with Crippen LogP contribution in [0, 0.1) is 11.8 Å². The molecule has 1 saturated heterocycles. The van der Waals surface area contributed by atoms with Gasteiger partial charge in [0.1, 0.15) is 0 Å². The van der Waals surface area contributed by atoms with Gasteiger partial charge in [-0.25, -0.2) is 0 Å². The van der Waals surface area contributed by atoms with Crippen molar-refractivity contribution in [3.05, 3.63) is 0 Å². The molecule has 0 radical (unpaired) electrons. The van der Waals surface area contributed by atoms with Crippen molar-refractivity contribution in [2.75, 3.05) is 33.2 Å². The van der Waals surface area contributed by atoms with Crippen molar-refractivity contribution in [1.82, 2.24) is 15.5 Å². The van der Waals surface area contributed by atoms with Gasteiger partial charge in [-0.3, -0.25) is 9.59 Å². The molecule has 1 rings (SSSR count). The van der Waals surface area contributed by atoms with Crippen molar-refractivity contribution in [3.63, 3.8) is 0 Å². The van der Waals surface area contributed by atoms with E-state index in [0.29, 0.717) is 24.8 Å². The normalized spacial score (nSPS) is 19.0. The highest BCUT2D eigenvalue weighted by atomic mass is 16.2. The molecule has 0 saturated carbocycles. The van der Waals surface area contributed by atoms with Crippen LogP contribution in [0.4, 0.5) is 0 Å². The number of amides is 2. The lowest BCUT2D eigenvalue weighted by Crippen LogP contribution is -2.40. The first-order valence-electron chi connectivity index (χ1n) is 6.70. The van der Waals surface area contributed by atoms with Gasteiger partial charge < -0.3 is 15.5 Å². The van der Waals surface area contributed by atoms with Crippen LogP contribution >= 0.6 is 0 Å². The fourth-order valence-corrected chi connectivity index (χ4v) is 1.97. The number of hydrogen-bond donors (Lipinski definition) is 2. The molecule has 1 aliphatic heterocycles. The minimum atomic E-state index is -0.0795. The molecule has 5 nitrogen and oxygen atoms in total. The second kappa shape index (κ2) is 7.36. The zero-order valence-corrected chi connectivity index (χ0v) is 11.7. The van der Waals surface area contributed by atoms with Crippen molar-refractivity contribution in [1.29, 1.82) is 0 Å². The standard InChI is InChI=1S/C13H25N3O2/c1-10(2)7-15-12(17)9-16(3)13(18)6-11-4-5-14-8-11/h10-11,14H,4-9H2,1-3H3,(H,15,17). The average molecular weight is 255 g/mol. The van der Waals surface area contributed by atoms with Crippen LogP contribution in [0.1, 0.15) is 26.7 Å². The third-order valence-electron chi connectivity index (χ3n) is 3.14. The molecule has 18 heavy (non-hydrogen) atoms. The van der Waals surface area contributed by atoms with E-state index in [4.69, 9.17) is 0 Å². The van der Waals surface area contributed by atoms with Gasteiger partial charge in [0.25, 0.3) is 0 Å². The Labute approximate surface area is 109 Å². The van der Waals surface area contributed by atoms with Gasteiger partial charge in [-0.2, -0.15) is 0 Å². The molecule has 0 spiro atoms. The first-order valence-corrected chi connectivity index (χ1v) is 6.70. The molecular weight excluding hydrogens is 230 g/mol. The Hall–Kier alpha value is -1.10. The number of nitrogens with one attached hydrogen (secondary N) is 2. The molecule has 1 atom stereocenters. The molecule has 104 valence electrons. The number of carbonyl (C=O) groups excluding carboxylic acids is 2. The van der Waals surface area contributed by atoms with Gasteiger partial charge in [0.15, 0.2) is 0 Å². The van der Waals surface area contributed by atoms with E-state index in [2.05, 4.69) is 10.6 Å². The van der Waals surface area contributed by atoms with Crippen LogP contribution in [0.25, 0.3) is 0 Å². The molecule has 1 heterocycles. The molecule has 2 N–H and O–H groups in total. The lowest BCUT2D eigenvalue weighted by molar-refractivity contribution is -0.135. The Kier molecular flexibility index (Phi) is 6.12. The average Bonchev–Trinajstić information content (AvgIpc) is 2.79. The number of hydrogen-bond acceptors (Lipinski definition) is 3. The Bertz CT molecular complexity index is 286. The Morgan fingerprint density at radius 3 is 2.72 bits per heavy atom. The molecule has 0 aromatic heterocycles. The smallest absolute Gasteiger partial charge is 0.239 e. The maximum atomic E-state index is 11.9. The molecule has 2 amide bonds. The van der Waals surface area contributed by atoms with Crippen LogP contribution in [0.15, 0.2) is 0 Å². The summed E-state index contributed by atoms with van der Waals surface area (Å²) in [7, 11) is 1.69. The molecule has 0 aromatic carbocycles. The predicted molar refractivity (Wildman–Crippen MR) is 71.1 cm³/mol. The van der Waals surface area contributed by atoms with E-state index in [-0.39, 0.29) is 18.4 Å². The summed E-state index contributed by atoms with van der Waals surface area (Å²) >= 11 is 0. The molecule has 0 aliphatic carbocycles.